The van der Waals surface area contributed by atoms with Crippen LogP contribution in [0.2, 0.25) is 0 Å². The van der Waals surface area contributed by atoms with Crippen LogP contribution in [-0.2, 0) is 6.42 Å². The second kappa shape index (κ2) is 11.9. The van der Waals surface area contributed by atoms with Gasteiger partial charge in [-0.1, -0.05) is 48.5 Å². The molecule has 6 nitrogen and oxygen atoms in total. The van der Waals surface area contributed by atoms with Gasteiger partial charge < -0.3 is 23.9 Å². The smallest absolute Gasteiger partial charge is 0.269 e. The van der Waals surface area contributed by atoms with Gasteiger partial charge in [0.15, 0.2) is 5.43 Å². The number of thiocarbonyl (C=S) groups is 1. The predicted octanol–water partition coefficient (Wildman–Crippen LogP) is 7.64. The van der Waals surface area contributed by atoms with Crippen molar-refractivity contribution < 1.29 is 19.0 Å². The minimum atomic E-state index is -0.232. The Morgan fingerprint density at radius 1 is 0.951 bits per heavy atom. The van der Waals surface area contributed by atoms with Gasteiger partial charge in [0.2, 0.25) is 0 Å². The highest BCUT2D eigenvalue weighted by atomic mass is 32.1. The van der Waals surface area contributed by atoms with Crippen molar-refractivity contribution in [3.63, 3.8) is 0 Å². The van der Waals surface area contributed by atoms with Gasteiger partial charge in [-0.25, -0.2) is 0 Å². The van der Waals surface area contributed by atoms with Gasteiger partial charge in [-0.05, 0) is 85.6 Å². The number of fused-ring (bicyclic) bond motifs is 3. The Morgan fingerprint density at radius 3 is 2.51 bits per heavy atom. The first kappa shape index (κ1) is 27.9. The molecule has 6 rings (SSSR count). The second-order valence-corrected chi connectivity index (χ2v) is 10.5. The van der Waals surface area contributed by atoms with Crippen LogP contribution in [0.3, 0.4) is 0 Å². The number of nitrogens with zero attached hydrogens (tertiary/aromatic N) is 1. The molecule has 0 saturated heterocycles. The summed E-state index contributed by atoms with van der Waals surface area (Å²) in [5.74, 6) is 1.81. The van der Waals surface area contributed by atoms with Crippen molar-refractivity contribution in [3.8, 4) is 17.2 Å². The first-order valence-electron chi connectivity index (χ1n) is 13.3. The van der Waals surface area contributed by atoms with Crippen LogP contribution in [0.15, 0.2) is 99.7 Å². The van der Waals surface area contributed by atoms with Crippen molar-refractivity contribution in [1.82, 2.24) is 0 Å². The maximum absolute atomic E-state index is 12.0. The van der Waals surface area contributed by atoms with E-state index in [4.69, 9.17) is 26.1 Å². The summed E-state index contributed by atoms with van der Waals surface area (Å²) in [7, 11) is 1.91. The number of phenolic OH excluding ortho intramolecular Hbond substituents is 1. The molecule has 1 aromatic heterocycles. The Kier molecular flexibility index (Phi) is 8.08. The predicted molar refractivity (Wildman–Crippen MR) is 169 cm³/mol. The highest BCUT2D eigenvalue weighted by Crippen LogP contribution is 2.37. The standard InChI is InChI=1S/C19H17NOS.C15H14O4/c1-14-6-5-9-17(12-14)20(2)19(22)21-18-11-10-15-7-3-4-8-16(15)13-18;1-8-3-4-10-12(18-7-8)6-13-14(15(10)17)11(16)5-9(2)19-13/h3-13H,1-2H3;3,5-6,17H,4,7H2,1-2H3. The number of aryl methyl sites for hydroxylation is 2. The molecule has 0 saturated carbocycles. The molecule has 5 aromatic rings. The van der Waals surface area contributed by atoms with Crippen molar-refractivity contribution in [3.05, 3.63) is 118 Å². The van der Waals surface area contributed by atoms with Crippen LogP contribution in [-0.4, -0.2) is 23.9 Å². The monoisotopic (exact) mass is 565 g/mol. The topological polar surface area (TPSA) is 72.1 Å². The van der Waals surface area contributed by atoms with Crippen LogP contribution in [0.25, 0.3) is 21.7 Å². The number of hydrogen-bond acceptors (Lipinski definition) is 6. The Morgan fingerprint density at radius 2 is 1.73 bits per heavy atom. The second-order valence-electron chi connectivity index (χ2n) is 10.1. The van der Waals surface area contributed by atoms with E-state index in [-0.39, 0.29) is 16.6 Å². The molecule has 1 N–H and O–H groups in total. The quantitative estimate of drug-likeness (QED) is 0.174. The summed E-state index contributed by atoms with van der Waals surface area (Å²) in [5, 5.41) is 13.3. The SMILES string of the molecule is CC1=CCc2c(cc3oc(C)cc(=O)c3c2O)OC1.Cc1cccc(N(C)C(=S)Oc2ccc3ccccc3c2)c1. The normalized spacial score (nSPS) is 12.3. The summed E-state index contributed by atoms with van der Waals surface area (Å²) in [4.78, 5) is 13.9. The number of anilines is 1. The van der Waals surface area contributed by atoms with Crippen molar-refractivity contribution in [1.29, 1.82) is 0 Å². The van der Waals surface area contributed by atoms with Gasteiger partial charge in [0.05, 0.1) is 0 Å². The highest BCUT2D eigenvalue weighted by molar-refractivity contribution is 7.80. The van der Waals surface area contributed by atoms with Gasteiger partial charge in [-0.2, -0.15) is 0 Å². The molecule has 0 fully saturated rings. The van der Waals surface area contributed by atoms with Gasteiger partial charge in [0.1, 0.15) is 40.6 Å². The fourth-order valence-electron chi connectivity index (χ4n) is 4.64. The van der Waals surface area contributed by atoms with Crippen LogP contribution in [0.1, 0.15) is 23.8 Å². The number of allylic oxidation sites excluding steroid dienone is 1. The van der Waals surface area contributed by atoms with Gasteiger partial charge in [0.25, 0.3) is 5.17 Å². The van der Waals surface area contributed by atoms with E-state index in [2.05, 4.69) is 31.2 Å². The molecule has 208 valence electrons. The molecule has 0 bridgehead atoms. The molecule has 1 aliphatic rings. The van der Waals surface area contributed by atoms with E-state index in [1.807, 2.05) is 67.4 Å². The molecule has 0 aliphatic carbocycles. The van der Waals surface area contributed by atoms with Gasteiger partial charge >= 0.3 is 0 Å². The summed E-state index contributed by atoms with van der Waals surface area (Å²) >= 11 is 5.41. The van der Waals surface area contributed by atoms with E-state index in [1.165, 1.54) is 17.0 Å². The van der Waals surface area contributed by atoms with E-state index < -0.39 is 0 Å². The van der Waals surface area contributed by atoms with Crippen LogP contribution in [0, 0.1) is 13.8 Å². The first-order chi connectivity index (χ1) is 19.7. The summed E-state index contributed by atoms with van der Waals surface area (Å²) in [6, 6.07) is 25.4. The molecule has 2 heterocycles. The average Bonchev–Trinajstić information content (AvgIpc) is 3.14. The Bertz CT molecular complexity index is 1860. The van der Waals surface area contributed by atoms with Crippen molar-refractivity contribution >= 4 is 44.8 Å². The molecule has 4 aromatic carbocycles. The molecule has 7 heteroatoms. The number of benzene rings is 4. The number of rotatable bonds is 2. The Hall–Kier alpha value is -4.62. The Balaban J connectivity index is 0.000000166. The van der Waals surface area contributed by atoms with Crippen molar-refractivity contribution in [2.45, 2.75) is 27.2 Å². The summed E-state index contributed by atoms with van der Waals surface area (Å²) in [5.41, 5.74) is 4.07. The minimum Gasteiger partial charge on any atom is -0.507 e. The molecule has 0 spiro atoms. The summed E-state index contributed by atoms with van der Waals surface area (Å²) in [6.07, 6.45) is 2.55. The van der Waals surface area contributed by atoms with Gasteiger partial charge in [0, 0.05) is 30.4 Å². The summed E-state index contributed by atoms with van der Waals surface area (Å²) in [6.45, 7) is 6.21. The zero-order valence-electron chi connectivity index (χ0n) is 23.4. The number of phenols is 1. The fourth-order valence-corrected chi connectivity index (χ4v) is 4.84. The van der Waals surface area contributed by atoms with Gasteiger partial charge in [-0.15, -0.1) is 0 Å². The van der Waals surface area contributed by atoms with E-state index in [9.17, 15) is 9.90 Å². The molecular formula is C34H31NO5S. The first-order valence-corrected chi connectivity index (χ1v) is 13.7. The molecular weight excluding hydrogens is 534 g/mol. The van der Waals surface area contributed by atoms with Crippen LogP contribution < -0.4 is 19.8 Å². The number of ether oxygens (including phenoxy) is 2. The van der Waals surface area contributed by atoms with E-state index >= 15 is 0 Å². The average molecular weight is 566 g/mol. The largest absolute Gasteiger partial charge is 0.507 e. The molecule has 0 radical (unpaired) electrons. The maximum atomic E-state index is 12.0. The number of aromatic hydroxyl groups is 1. The third-order valence-corrected chi connectivity index (χ3v) is 7.24. The fraction of sp³-hybridized carbons (Fsp3) is 0.176. The molecule has 1 aliphatic heterocycles. The van der Waals surface area contributed by atoms with E-state index in [0.717, 1.165) is 22.4 Å². The molecule has 0 amide bonds. The highest BCUT2D eigenvalue weighted by Gasteiger charge is 2.19. The zero-order chi connectivity index (χ0) is 29.1. The van der Waals surface area contributed by atoms with Crippen molar-refractivity contribution in [2.75, 3.05) is 18.6 Å². The van der Waals surface area contributed by atoms with Gasteiger partial charge in [-0.3, -0.25) is 4.79 Å². The lowest BCUT2D eigenvalue weighted by Gasteiger charge is -2.20. The lowest BCUT2D eigenvalue weighted by atomic mass is 10.0. The summed E-state index contributed by atoms with van der Waals surface area (Å²) < 4.78 is 17.0. The lowest BCUT2D eigenvalue weighted by molar-refractivity contribution is 0.349. The lowest BCUT2D eigenvalue weighted by Crippen LogP contribution is -2.29. The zero-order valence-corrected chi connectivity index (χ0v) is 24.2. The third kappa shape index (κ3) is 6.26. The van der Waals surface area contributed by atoms with Crippen LogP contribution in [0.5, 0.6) is 17.2 Å². The Labute approximate surface area is 244 Å². The maximum Gasteiger partial charge on any atom is 0.269 e. The molecule has 41 heavy (non-hydrogen) atoms. The van der Waals surface area contributed by atoms with E-state index in [1.54, 1.807) is 13.0 Å². The number of hydrogen-bond donors (Lipinski definition) is 1. The van der Waals surface area contributed by atoms with E-state index in [0.29, 0.717) is 40.9 Å². The molecule has 0 atom stereocenters. The van der Waals surface area contributed by atoms with Crippen LogP contribution >= 0.6 is 12.2 Å². The van der Waals surface area contributed by atoms with Crippen LogP contribution in [0.4, 0.5) is 5.69 Å². The van der Waals surface area contributed by atoms with Crippen molar-refractivity contribution in [2.24, 2.45) is 0 Å². The third-order valence-electron chi connectivity index (χ3n) is 6.88. The molecule has 0 unspecified atom stereocenters. The minimum absolute atomic E-state index is 0.0350.